The van der Waals surface area contributed by atoms with Gasteiger partial charge >= 0.3 is 0 Å². The number of carbonyl (C=O) groups is 1. The minimum atomic E-state index is -0.858. The first-order valence-corrected chi connectivity index (χ1v) is 6.56. The molecule has 4 nitrogen and oxygen atoms in total. The molecule has 0 fully saturated rings. The summed E-state index contributed by atoms with van der Waals surface area (Å²) in [6.07, 6.45) is 0. The number of aliphatic hydroxyl groups excluding tert-OH is 1. The van der Waals surface area contributed by atoms with Gasteiger partial charge in [0.2, 0.25) is 5.91 Å². The van der Waals surface area contributed by atoms with Gasteiger partial charge in [-0.05, 0) is 17.7 Å². The second kappa shape index (κ2) is 6.31. The molecule has 18 heavy (non-hydrogen) atoms. The smallest absolute Gasteiger partial charge is 0.239 e. The van der Waals surface area contributed by atoms with E-state index in [2.05, 4.69) is 21.2 Å². The van der Waals surface area contributed by atoms with Gasteiger partial charge in [0.1, 0.15) is 6.04 Å². The first kappa shape index (κ1) is 15.1. The third kappa shape index (κ3) is 4.08. The van der Waals surface area contributed by atoms with Crippen molar-refractivity contribution in [3.63, 3.8) is 0 Å². The van der Waals surface area contributed by atoms with Crippen molar-refractivity contribution in [1.29, 1.82) is 0 Å². The van der Waals surface area contributed by atoms with Crippen LogP contribution in [0.25, 0.3) is 0 Å². The van der Waals surface area contributed by atoms with Gasteiger partial charge in [0.25, 0.3) is 0 Å². The van der Waals surface area contributed by atoms with Crippen molar-refractivity contribution in [3.8, 4) is 0 Å². The molecule has 1 amide bonds. The van der Waals surface area contributed by atoms with E-state index in [1.54, 1.807) is 0 Å². The van der Waals surface area contributed by atoms with Crippen molar-refractivity contribution in [2.45, 2.75) is 25.3 Å². The van der Waals surface area contributed by atoms with E-state index < -0.39 is 6.04 Å². The fraction of sp³-hybridized carbons (Fsp3) is 0.462. The molecule has 0 saturated heterocycles. The van der Waals surface area contributed by atoms with Crippen LogP contribution in [0, 0.1) is 0 Å². The van der Waals surface area contributed by atoms with E-state index in [-0.39, 0.29) is 17.9 Å². The zero-order valence-electron chi connectivity index (χ0n) is 10.6. The second-order valence-electron chi connectivity index (χ2n) is 4.90. The standard InChI is InChI=1S/C13H19BrN2O2/c1-13(2,8-16-12(18)11(15)7-17)9-4-3-5-10(14)6-9/h3-6,11,17H,7-8,15H2,1-2H3,(H,16,18). The maximum atomic E-state index is 11.5. The summed E-state index contributed by atoms with van der Waals surface area (Å²) in [5.41, 5.74) is 6.36. The molecule has 0 spiro atoms. The molecule has 0 aliphatic heterocycles. The Balaban J connectivity index is 2.68. The van der Waals surface area contributed by atoms with E-state index in [9.17, 15) is 4.79 Å². The molecule has 0 aliphatic carbocycles. The molecule has 4 N–H and O–H groups in total. The highest BCUT2D eigenvalue weighted by molar-refractivity contribution is 9.10. The van der Waals surface area contributed by atoms with Crippen molar-refractivity contribution < 1.29 is 9.90 Å². The topological polar surface area (TPSA) is 75.4 Å². The molecule has 0 saturated carbocycles. The number of hydrogen-bond donors (Lipinski definition) is 3. The normalized spacial score (nSPS) is 13.2. The number of aliphatic hydroxyl groups is 1. The fourth-order valence-corrected chi connectivity index (χ4v) is 1.93. The molecule has 0 radical (unpaired) electrons. The highest BCUT2D eigenvalue weighted by Crippen LogP contribution is 2.24. The van der Waals surface area contributed by atoms with Crippen LogP contribution in [-0.2, 0) is 10.2 Å². The predicted molar refractivity (Wildman–Crippen MR) is 75.2 cm³/mol. The Kier molecular flexibility index (Phi) is 5.31. The Morgan fingerprint density at radius 1 is 1.56 bits per heavy atom. The predicted octanol–water partition coefficient (Wildman–Crippen LogP) is 1.16. The van der Waals surface area contributed by atoms with E-state index in [1.807, 2.05) is 38.1 Å². The lowest BCUT2D eigenvalue weighted by molar-refractivity contribution is -0.123. The van der Waals surface area contributed by atoms with Gasteiger partial charge in [-0.2, -0.15) is 0 Å². The lowest BCUT2D eigenvalue weighted by Crippen LogP contribution is -2.46. The number of hydrogen-bond acceptors (Lipinski definition) is 3. The summed E-state index contributed by atoms with van der Waals surface area (Å²) in [5, 5.41) is 11.5. The summed E-state index contributed by atoms with van der Waals surface area (Å²) in [7, 11) is 0. The Hall–Kier alpha value is -0.910. The van der Waals surface area contributed by atoms with E-state index in [4.69, 9.17) is 10.8 Å². The molecule has 0 aromatic heterocycles. The second-order valence-corrected chi connectivity index (χ2v) is 5.82. The molecular weight excluding hydrogens is 296 g/mol. The molecule has 100 valence electrons. The SMILES string of the molecule is CC(C)(CNC(=O)C(N)CO)c1cccc(Br)c1. The summed E-state index contributed by atoms with van der Waals surface area (Å²) in [6.45, 7) is 4.21. The van der Waals surface area contributed by atoms with Gasteiger partial charge in [-0.25, -0.2) is 0 Å². The number of halogens is 1. The molecular formula is C13H19BrN2O2. The van der Waals surface area contributed by atoms with Crippen LogP contribution in [0.15, 0.2) is 28.7 Å². The van der Waals surface area contributed by atoms with E-state index >= 15 is 0 Å². The molecule has 0 bridgehead atoms. The molecule has 1 rings (SSSR count). The van der Waals surface area contributed by atoms with Gasteiger partial charge in [-0.3, -0.25) is 4.79 Å². The van der Waals surface area contributed by atoms with Crippen LogP contribution in [0.4, 0.5) is 0 Å². The Morgan fingerprint density at radius 2 is 2.22 bits per heavy atom. The molecule has 0 aliphatic rings. The zero-order chi connectivity index (χ0) is 13.8. The first-order chi connectivity index (χ1) is 8.36. The highest BCUT2D eigenvalue weighted by Gasteiger charge is 2.22. The van der Waals surface area contributed by atoms with Crippen molar-refractivity contribution in [1.82, 2.24) is 5.32 Å². The van der Waals surface area contributed by atoms with E-state index in [1.165, 1.54) is 0 Å². The lowest BCUT2D eigenvalue weighted by Gasteiger charge is -2.26. The molecule has 1 unspecified atom stereocenters. The monoisotopic (exact) mass is 314 g/mol. The Labute approximate surface area is 116 Å². The fourth-order valence-electron chi connectivity index (χ4n) is 1.53. The van der Waals surface area contributed by atoms with Crippen molar-refractivity contribution in [2.24, 2.45) is 5.73 Å². The molecule has 1 aromatic carbocycles. The molecule has 5 heteroatoms. The van der Waals surface area contributed by atoms with Crippen molar-refractivity contribution >= 4 is 21.8 Å². The summed E-state index contributed by atoms with van der Waals surface area (Å²) in [6, 6.07) is 7.10. The minimum Gasteiger partial charge on any atom is -0.394 e. The van der Waals surface area contributed by atoms with Crippen LogP contribution in [0.3, 0.4) is 0 Å². The maximum absolute atomic E-state index is 11.5. The number of nitrogens with one attached hydrogen (secondary N) is 1. The average Bonchev–Trinajstić information content (AvgIpc) is 2.35. The summed E-state index contributed by atoms with van der Waals surface area (Å²) < 4.78 is 1.01. The van der Waals surface area contributed by atoms with Gasteiger partial charge in [0.15, 0.2) is 0 Å². The van der Waals surface area contributed by atoms with Gasteiger partial charge in [-0.1, -0.05) is 41.9 Å². The quantitative estimate of drug-likeness (QED) is 0.763. The summed E-state index contributed by atoms with van der Waals surface area (Å²) in [4.78, 5) is 11.5. The van der Waals surface area contributed by atoms with Crippen LogP contribution in [0.2, 0.25) is 0 Å². The zero-order valence-corrected chi connectivity index (χ0v) is 12.2. The lowest BCUT2D eigenvalue weighted by atomic mass is 9.84. The maximum Gasteiger partial charge on any atom is 0.239 e. The Morgan fingerprint density at radius 3 is 2.78 bits per heavy atom. The molecule has 0 heterocycles. The van der Waals surface area contributed by atoms with Crippen molar-refractivity contribution in [3.05, 3.63) is 34.3 Å². The van der Waals surface area contributed by atoms with Crippen molar-refractivity contribution in [2.75, 3.05) is 13.2 Å². The van der Waals surface area contributed by atoms with Crippen LogP contribution >= 0.6 is 15.9 Å². The van der Waals surface area contributed by atoms with Crippen LogP contribution < -0.4 is 11.1 Å². The highest BCUT2D eigenvalue weighted by atomic mass is 79.9. The largest absolute Gasteiger partial charge is 0.394 e. The third-order valence-electron chi connectivity index (χ3n) is 2.84. The summed E-state index contributed by atoms with van der Waals surface area (Å²) >= 11 is 3.43. The first-order valence-electron chi connectivity index (χ1n) is 5.77. The number of carbonyl (C=O) groups excluding carboxylic acids is 1. The number of amides is 1. The van der Waals surface area contributed by atoms with Crippen LogP contribution in [0.1, 0.15) is 19.4 Å². The van der Waals surface area contributed by atoms with E-state index in [0.717, 1.165) is 10.0 Å². The summed E-state index contributed by atoms with van der Waals surface area (Å²) in [5.74, 6) is -0.333. The molecule has 1 aromatic rings. The number of benzene rings is 1. The number of nitrogens with two attached hydrogens (primary N) is 1. The van der Waals surface area contributed by atoms with Crippen LogP contribution in [0.5, 0.6) is 0 Å². The van der Waals surface area contributed by atoms with E-state index in [0.29, 0.717) is 6.54 Å². The molecule has 1 atom stereocenters. The van der Waals surface area contributed by atoms with Gasteiger partial charge in [0, 0.05) is 16.4 Å². The average molecular weight is 315 g/mol. The van der Waals surface area contributed by atoms with Gasteiger partial charge in [-0.15, -0.1) is 0 Å². The number of rotatable bonds is 5. The van der Waals surface area contributed by atoms with Gasteiger partial charge < -0.3 is 16.2 Å². The van der Waals surface area contributed by atoms with Crippen LogP contribution in [-0.4, -0.2) is 30.2 Å². The Bertz CT molecular complexity index is 421. The van der Waals surface area contributed by atoms with Gasteiger partial charge in [0.05, 0.1) is 6.61 Å². The third-order valence-corrected chi connectivity index (χ3v) is 3.34. The minimum absolute atomic E-state index is 0.200.